The van der Waals surface area contributed by atoms with Gasteiger partial charge in [0.2, 0.25) is 0 Å². The summed E-state index contributed by atoms with van der Waals surface area (Å²) < 4.78 is 5.67. The second-order valence-electron chi connectivity index (χ2n) is 5.10. The molecule has 0 aliphatic heterocycles. The Balaban J connectivity index is 1.98. The standard InChI is InChI=1S/C17H23N3O/c1-4-10-18-13(2)16-11-19-17(20-14(16)3)12-21-15-8-6-5-7-9-15/h5-9,11,13,18H,4,10,12H2,1-3H3. The van der Waals surface area contributed by atoms with Crippen molar-refractivity contribution in [2.45, 2.75) is 39.8 Å². The molecule has 2 rings (SSSR count). The van der Waals surface area contributed by atoms with Gasteiger partial charge in [0.25, 0.3) is 0 Å². The fraction of sp³-hybridized carbons (Fsp3) is 0.412. The lowest BCUT2D eigenvalue weighted by Crippen LogP contribution is -2.21. The molecule has 112 valence electrons. The molecule has 4 nitrogen and oxygen atoms in total. The normalized spacial score (nSPS) is 12.1. The number of hydrogen-bond acceptors (Lipinski definition) is 4. The zero-order valence-corrected chi connectivity index (χ0v) is 13.0. The number of ether oxygens (including phenoxy) is 1. The Bertz CT molecular complexity index is 557. The maximum absolute atomic E-state index is 5.67. The summed E-state index contributed by atoms with van der Waals surface area (Å²) in [5, 5.41) is 3.46. The molecule has 1 heterocycles. The molecular formula is C17H23N3O. The summed E-state index contributed by atoms with van der Waals surface area (Å²) in [7, 11) is 0. The summed E-state index contributed by atoms with van der Waals surface area (Å²) in [6.07, 6.45) is 3.02. The number of aryl methyl sites for hydroxylation is 1. The van der Waals surface area contributed by atoms with E-state index in [4.69, 9.17) is 4.74 Å². The SMILES string of the molecule is CCCNC(C)c1cnc(COc2ccccc2)nc1C. The Labute approximate surface area is 126 Å². The van der Waals surface area contributed by atoms with Crippen LogP contribution in [0.5, 0.6) is 5.75 Å². The van der Waals surface area contributed by atoms with Gasteiger partial charge in [-0.05, 0) is 38.9 Å². The first-order chi connectivity index (χ1) is 10.2. The van der Waals surface area contributed by atoms with Crippen LogP contribution < -0.4 is 10.1 Å². The van der Waals surface area contributed by atoms with Crippen LogP contribution in [-0.4, -0.2) is 16.5 Å². The average molecular weight is 285 g/mol. The molecule has 2 aromatic rings. The molecule has 0 aliphatic rings. The van der Waals surface area contributed by atoms with Gasteiger partial charge in [0.05, 0.1) is 0 Å². The third-order valence-electron chi connectivity index (χ3n) is 3.35. The van der Waals surface area contributed by atoms with E-state index in [2.05, 4.69) is 29.1 Å². The highest BCUT2D eigenvalue weighted by atomic mass is 16.5. The van der Waals surface area contributed by atoms with Gasteiger partial charge in [-0.25, -0.2) is 9.97 Å². The third-order valence-corrected chi connectivity index (χ3v) is 3.35. The number of para-hydroxylation sites is 1. The van der Waals surface area contributed by atoms with Crippen LogP contribution in [0.15, 0.2) is 36.5 Å². The van der Waals surface area contributed by atoms with Crippen molar-refractivity contribution in [3.05, 3.63) is 53.6 Å². The van der Waals surface area contributed by atoms with Gasteiger partial charge in [-0.3, -0.25) is 0 Å². The molecule has 0 fully saturated rings. The number of nitrogens with one attached hydrogen (secondary N) is 1. The minimum Gasteiger partial charge on any atom is -0.486 e. The van der Waals surface area contributed by atoms with E-state index in [0.717, 1.165) is 30.0 Å². The fourth-order valence-electron chi connectivity index (χ4n) is 2.15. The van der Waals surface area contributed by atoms with Gasteiger partial charge in [0, 0.05) is 23.5 Å². The van der Waals surface area contributed by atoms with Crippen molar-refractivity contribution in [3.63, 3.8) is 0 Å². The van der Waals surface area contributed by atoms with Crippen molar-refractivity contribution in [2.24, 2.45) is 0 Å². The highest BCUT2D eigenvalue weighted by Gasteiger charge is 2.10. The lowest BCUT2D eigenvalue weighted by atomic mass is 10.1. The van der Waals surface area contributed by atoms with Crippen LogP contribution in [0.4, 0.5) is 0 Å². The van der Waals surface area contributed by atoms with Crippen molar-refractivity contribution in [1.29, 1.82) is 0 Å². The molecule has 0 bridgehead atoms. The Kier molecular flexibility index (Phi) is 5.69. The molecule has 0 saturated heterocycles. The fourth-order valence-corrected chi connectivity index (χ4v) is 2.15. The second kappa shape index (κ2) is 7.74. The van der Waals surface area contributed by atoms with Crippen molar-refractivity contribution >= 4 is 0 Å². The molecule has 1 aromatic carbocycles. The lowest BCUT2D eigenvalue weighted by molar-refractivity contribution is 0.295. The van der Waals surface area contributed by atoms with Gasteiger partial charge >= 0.3 is 0 Å². The topological polar surface area (TPSA) is 47.0 Å². The van der Waals surface area contributed by atoms with Crippen LogP contribution in [-0.2, 0) is 6.61 Å². The third kappa shape index (κ3) is 4.53. The van der Waals surface area contributed by atoms with E-state index in [1.54, 1.807) is 0 Å². The molecule has 0 saturated carbocycles. The highest BCUT2D eigenvalue weighted by Crippen LogP contribution is 2.15. The van der Waals surface area contributed by atoms with E-state index in [9.17, 15) is 0 Å². The van der Waals surface area contributed by atoms with E-state index < -0.39 is 0 Å². The van der Waals surface area contributed by atoms with E-state index in [0.29, 0.717) is 12.4 Å². The summed E-state index contributed by atoms with van der Waals surface area (Å²) >= 11 is 0. The van der Waals surface area contributed by atoms with E-state index in [1.807, 2.05) is 43.5 Å². The molecule has 1 atom stereocenters. The maximum atomic E-state index is 5.67. The predicted octanol–water partition coefficient (Wildman–Crippen LogP) is 3.42. The summed E-state index contributed by atoms with van der Waals surface area (Å²) in [6, 6.07) is 9.99. The van der Waals surface area contributed by atoms with E-state index >= 15 is 0 Å². The number of benzene rings is 1. The predicted molar refractivity (Wildman–Crippen MR) is 84.3 cm³/mol. The molecule has 0 spiro atoms. The van der Waals surface area contributed by atoms with Crippen molar-refractivity contribution in [3.8, 4) is 5.75 Å². The molecule has 1 N–H and O–H groups in total. The molecule has 1 unspecified atom stereocenters. The number of hydrogen-bond donors (Lipinski definition) is 1. The Morgan fingerprint density at radius 2 is 2.00 bits per heavy atom. The van der Waals surface area contributed by atoms with Crippen LogP contribution in [0.25, 0.3) is 0 Å². The van der Waals surface area contributed by atoms with Crippen LogP contribution in [0, 0.1) is 6.92 Å². The molecule has 4 heteroatoms. The van der Waals surface area contributed by atoms with Gasteiger partial charge in [0.1, 0.15) is 12.4 Å². The molecule has 0 amide bonds. The zero-order chi connectivity index (χ0) is 15.1. The van der Waals surface area contributed by atoms with Crippen LogP contribution >= 0.6 is 0 Å². The van der Waals surface area contributed by atoms with Gasteiger partial charge in [-0.2, -0.15) is 0 Å². The summed E-state index contributed by atoms with van der Waals surface area (Å²) in [6.45, 7) is 7.71. The summed E-state index contributed by atoms with van der Waals surface area (Å²) in [5.41, 5.74) is 2.15. The Morgan fingerprint density at radius 1 is 1.24 bits per heavy atom. The highest BCUT2D eigenvalue weighted by molar-refractivity contribution is 5.22. The zero-order valence-electron chi connectivity index (χ0n) is 13.0. The van der Waals surface area contributed by atoms with Crippen molar-refractivity contribution in [2.75, 3.05) is 6.54 Å². The van der Waals surface area contributed by atoms with Gasteiger partial charge in [-0.15, -0.1) is 0 Å². The van der Waals surface area contributed by atoms with Crippen LogP contribution in [0.2, 0.25) is 0 Å². The maximum Gasteiger partial charge on any atom is 0.166 e. The number of nitrogens with zero attached hydrogens (tertiary/aromatic N) is 2. The first-order valence-electron chi connectivity index (χ1n) is 7.44. The van der Waals surface area contributed by atoms with Crippen molar-refractivity contribution in [1.82, 2.24) is 15.3 Å². The summed E-state index contributed by atoms with van der Waals surface area (Å²) in [5.74, 6) is 1.55. The molecule has 0 aliphatic carbocycles. The number of rotatable bonds is 7. The molecule has 0 radical (unpaired) electrons. The van der Waals surface area contributed by atoms with E-state index in [-0.39, 0.29) is 6.04 Å². The monoisotopic (exact) mass is 285 g/mol. The number of aromatic nitrogens is 2. The van der Waals surface area contributed by atoms with Crippen LogP contribution in [0.3, 0.4) is 0 Å². The van der Waals surface area contributed by atoms with Crippen LogP contribution in [0.1, 0.15) is 43.4 Å². The molecule has 21 heavy (non-hydrogen) atoms. The second-order valence-corrected chi connectivity index (χ2v) is 5.10. The minimum absolute atomic E-state index is 0.272. The first-order valence-corrected chi connectivity index (χ1v) is 7.44. The van der Waals surface area contributed by atoms with Crippen molar-refractivity contribution < 1.29 is 4.74 Å². The lowest BCUT2D eigenvalue weighted by Gasteiger charge is -2.15. The first kappa shape index (κ1) is 15.4. The smallest absolute Gasteiger partial charge is 0.166 e. The Morgan fingerprint density at radius 3 is 2.67 bits per heavy atom. The average Bonchev–Trinajstić information content (AvgIpc) is 2.51. The summed E-state index contributed by atoms with van der Waals surface area (Å²) in [4.78, 5) is 8.95. The van der Waals surface area contributed by atoms with Gasteiger partial charge in [-0.1, -0.05) is 25.1 Å². The molecule has 1 aromatic heterocycles. The Hall–Kier alpha value is -1.94. The van der Waals surface area contributed by atoms with E-state index in [1.165, 1.54) is 0 Å². The minimum atomic E-state index is 0.272. The largest absolute Gasteiger partial charge is 0.486 e. The van der Waals surface area contributed by atoms with Gasteiger partial charge < -0.3 is 10.1 Å². The van der Waals surface area contributed by atoms with Gasteiger partial charge in [0.15, 0.2) is 5.82 Å². The quantitative estimate of drug-likeness (QED) is 0.846. The molecular weight excluding hydrogens is 262 g/mol.